The zero-order valence-electron chi connectivity index (χ0n) is 22.5. The van der Waals surface area contributed by atoms with Gasteiger partial charge in [0.15, 0.2) is 0 Å². The van der Waals surface area contributed by atoms with Crippen LogP contribution in [0.4, 0.5) is 11.4 Å². The molecular formula is C30H37N3O5. The van der Waals surface area contributed by atoms with Crippen molar-refractivity contribution in [1.29, 1.82) is 0 Å². The number of hydrogen-bond acceptors (Lipinski definition) is 5. The second-order valence-corrected chi connectivity index (χ2v) is 11.3. The van der Waals surface area contributed by atoms with E-state index in [0.29, 0.717) is 31.5 Å². The second-order valence-electron chi connectivity index (χ2n) is 11.3. The van der Waals surface area contributed by atoms with Gasteiger partial charge in [-0.25, -0.2) is 0 Å². The summed E-state index contributed by atoms with van der Waals surface area (Å²) < 4.78 is 6.76. The lowest BCUT2D eigenvalue weighted by Crippen LogP contribution is -2.54. The van der Waals surface area contributed by atoms with Crippen molar-refractivity contribution in [3.05, 3.63) is 59.7 Å². The van der Waals surface area contributed by atoms with Crippen LogP contribution in [0.3, 0.4) is 0 Å². The maximum Gasteiger partial charge on any atom is 0.250 e. The van der Waals surface area contributed by atoms with Gasteiger partial charge < -0.3 is 25.4 Å². The summed E-state index contributed by atoms with van der Waals surface area (Å²) in [6.07, 6.45) is 1.57. The lowest BCUT2D eigenvalue weighted by atomic mass is 9.62. The topological polar surface area (TPSA) is 108 Å². The smallest absolute Gasteiger partial charge is 0.250 e. The number of rotatable bonds is 8. The van der Waals surface area contributed by atoms with E-state index in [4.69, 9.17) is 4.74 Å². The number of para-hydroxylation sites is 2. The molecular weight excluding hydrogens is 482 g/mol. The first-order chi connectivity index (χ1) is 18.1. The van der Waals surface area contributed by atoms with Gasteiger partial charge in [-0.05, 0) is 69.2 Å². The Labute approximate surface area is 223 Å². The third kappa shape index (κ3) is 4.01. The van der Waals surface area contributed by atoms with Crippen molar-refractivity contribution in [2.24, 2.45) is 17.8 Å². The number of carbonyl (C=O) groups is 3. The van der Waals surface area contributed by atoms with Crippen LogP contribution < -0.4 is 10.6 Å². The predicted molar refractivity (Wildman–Crippen MR) is 144 cm³/mol. The van der Waals surface area contributed by atoms with Crippen molar-refractivity contribution in [2.45, 2.75) is 64.2 Å². The number of fused-ring (bicyclic) bond motifs is 1. The SMILES string of the molecule is Cc1cccc(C)c1NC(=O)C1N(CCCCO)C(=O)[C@@H]2[C@@H](C(=O)Nc3ccccc3)[C@]3(C)OC12CC3C. The third-order valence-electron chi connectivity index (χ3n) is 8.92. The fourth-order valence-electron chi connectivity index (χ4n) is 7.02. The molecule has 0 radical (unpaired) electrons. The largest absolute Gasteiger partial charge is 0.396 e. The number of nitrogens with zero attached hydrogens (tertiary/aromatic N) is 1. The van der Waals surface area contributed by atoms with Crippen LogP contribution in [0.2, 0.25) is 0 Å². The number of anilines is 2. The molecule has 3 heterocycles. The Hall–Kier alpha value is -3.23. The number of aliphatic hydroxyl groups excluding tert-OH is 1. The van der Waals surface area contributed by atoms with Crippen LogP contribution in [0, 0.1) is 31.6 Å². The Morgan fingerprint density at radius 2 is 1.71 bits per heavy atom. The normalized spacial score (nSPS) is 31.4. The van der Waals surface area contributed by atoms with Crippen LogP contribution in [0.25, 0.3) is 0 Å². The minimum Gasteiger partial charge on any atom is -0.396 e. The first-order valence-electron chi connectivity index (χ1n) is 13.5. The average molecular weight is 520 g/mol. The lowest BCUT2D eigenvalue weighted by molar-refractivity contribution is -0.144. The number of likely N-dealkylation sites (tertiary alicyclic amines) is 1. The molecule has 3 unspecified atom stereocenters. The van der Waals surface area contributed by atoms with Gasteiger partial charge in [0.05, 0.1) is 17.4 Å². The molecule has 3 amide bonds. The average Bonchev–Trinajstić information content (AvgIpc) is 3.39. The minimum atomic E-state index is -1.11. The predicted octanol–water partition coefficient (Wildman–Crippen LogP) is 3.66. The molecule has 3 N–H and O–H groups in total. The number of nitrogens with one attached hydrogen (secondary N) is 2. The highest BCUT2D eigenvalue weighted by Gasteiger charge is 2.79. The molecule has 2 bridgehead atoms. The van der Waals surface area contributed by atoms with E-state index >= 15 is 0 Å². The van der Waals surface area contributed by atoms with Crippen LogP contribution >= 0.6 is 0 Å². The molecule has 3 aliphatic rings. The summed E-state index contributed by atoms with van der Waals surface area (Å²) in [6, 6.07) is 14.1. The third-order valence-corrected chi connectivity index (χ3v) is 8.92. The molecule has 2 aromatic carbocycles. The van der Waals surface area contributed by atoms with Gasteiger partial charge in [0.25, 0.3) is 0 Å². The van der Waals surface area contributed by atoms with Crippen LogP contribution in [0.5, 0.6) is 0 Å². The van der Waals surface area contributed by atoms with E-state index in [2.05, 4.69) is 10.6 Å². The molecule has 1 spiro atoms. The molecule has 3 fully saturated rings. The Morgan fingerprint density at radius 1 is 1.03 bits per heavy atom. The van der Waals surface area contributed by atoms with Crippen molar-refractivity contribution >= 4 is 29.1 Å². The number of ether oxygens (including phenoxy) is 1. The summed E-state index contributed by atoms with van der Waals surface area (Å²) in [5, 5.41) is 15.5. The molecule has 3 saturated heterocycles. The first kappa shape index (κ1) is 26.4. The van der Waals surface area contributed by atoms with Crippen molar-refractivity contribution in [1.82, 2.24) is 4.90 Å². The number of unbranched alkanes of at least 4 members (excludes halogenated alkanes) is 1. The molecule has 2 aromatic rings. The van der Waals surface area contributed by atoms with Crippen LogP contribution in [0.15, 0.2) is 48.5 Å². The van der Waals surface area contributed by atoms with Gasteiger partial charge in [0.2, 0.25) is 17.7 Å². The summed E-state index contributed by atoms with van der Waals surface area (Å²) >= 11 is 0. The fraction of sp³-hybridized carbons (Fsp3) is 0.500. The fourth-order valence-corrected chi connectivity index (χ4v) is 7.02. The summed E-state index contributed by atoms with van der Waals surface area (Å²) in [4.78, 5) is 43.6. The molecule has 38 heavy (non-hydrogen) atoms. The number of hydrogen-bond donors (Lipinski definition) is 3. The maximum atomic E-state index is 14.1. The highest BCUT2D eigenvalue weighted by Crippen LogP contribution is 2.65. The number of benzene rings is 2. The minimum absolute atomic E-state index is 0.00355. The van der Waals surface area contributed by atoms with E-state index in [1.54, 1.807) is 4.90 Å². The van der Waals surface area contributed by atoms with Crippen LogP contribution in [0.1, 0.15) is 44.2 Å². The van der Waals surface area contributed by atoms with E-state index < -0.39 is 29.1 Å². The Balaban J connectivity index is 1.53. The van der Waals surface area contributed by atoms with E-state index in [0.717, 1.165) is 16.8 Å². The Kier molecular flexibility index (Phi) is 6.82. The van der Waals surface area contributed by atoms with Crippen molar-refractivity contribution in [2.75, 3.05) is 23.8 Å². The number of aryl methyl sites for hydroxylation is 2. The summed E-state index contributed by atoms with van der Waals surface area (Å²) in [5.74, 6) is -2.34. The molecule has 8 nitrogen and oxygen atoms in total. The van der Waals surface area contributed by atoms with Crippen LogP contribution in [-0.4, -0.2) is 58.1 Å². The quantitative estimate of drug-likeness (QED) is 0.462. The van der Waals surface area contributed by atoms with E-state index in [1.807, 2.05) is 76.2 Å². The van der Waals surface area contributed by atoms with Crippen molar-refractivity contribution in [3.63, 3.8) is 0 Å². The van der Waals surface area contributed by atoms with Crippen molar-refractivity contribution in [3.8, 4) is 0 Å². The summed E-state index contributed by atoms with van der Waals surface area (Å²) in [5.41, 5.74) is 1.25. The van der Waals surface area contributed by atoms with Crippen LogP contribution in [-0.2, 0) is 19.1 Å². The standard InChI is InChI=1S/C30H37N3O5/c1-18-11-10-12-19(2)24(18)32-27(36)25-30-17-20(3)29(4,38-30)22(26(35)31-21-13-6-5-7-14-21)23(30)28(37)33(25)15-8-9-16-34/h5-7,10-14,20,22-23,25,34H,8-9,15-17H2,1-4H3,(H,31,35)(H,32,36)/t20?,22-,23-,25?,29+,30?/m0/s1. The number of aliphatic hydroxyl groups is 1. The molecule has 3 aliphatic heterocycles. The van der Waals surface area contributed by atoms with E-state index in [-0.39, 0.29) is 30.2 Å². The van der Waals surface area contributed by atoms with Gasteiger partial charge in [-0.15, -0.1) is 0 Å². The van der Waals surface area contributed by atoms with Gasteiger partial charge in [-0.1, -0.05) is 43.3 Å². The highest BCUT2D eigenvalue weighted by atomic mass is 16.5. The molecule has 0 saturated carbocycles. The first-order valence-corrected chi connectivity index (χ1v) is 13.5. The van der Waals surface area contributed by atoms with Crippen molar-refractivity contribution < 1.29 is 24.2 Å². The molecule has 6 atom stereocenters. The molecule has 0 aromatic heterocycles. The number of amides is 3. The van der Waals surface area contributed by atoms with Gasteiger partial charge in [-0.2, -0.15) is 0 Å². The second kappa shape index (κ2) is 9.82. The maximum absolute atomic E-state index is 14.1. The molecule has 8 heteroatoms. The van der Waals surface area contributed by atoms with Gasteiger partial charge in [0.1, 0.15) is 11.6 Å². The molecule has 0 aliphatic carbocycles. The monoisotopic (exact) mass is 519 g/mol. The Morgan fingerprint density at radius 3 is 2.37 bits per heavy atom. The molecule has 5 rings (SSSR count). The number of carbonyl (C=O) groups excluding carboxylic acids is 3. The van der Waals surface area contributed by atoms with Gasteiger partial charge >= 0.3 is 0 Å². The lowest BCUT2D eigenvalue weighted by Gasteiger charge is -2.36. The zero-order valence-corrected chi connectivity index (χ0v) is 22.5. The Bertz CT molecular complexity index is 1230. The van der Waals surface area contributed by atoms with Gasteiger partial charge in [0, 0.05) is 24.5 Å². The summed E-state index contributed by atoms with van der Waals surface area (Å²) in [7, 11) is 0. The highest BCUT2D eigenvalue weighted by molar-refractivity contribution is 6.05. The van der Waals surface area contributed by atoms with E-state index in [9.17, 15) is 19.5 Å². The van der Waals surface area contributed by atoms with E-state index in [1.165, 1.54) is 0 Å². The summed E-state index contributed by atoms with van der Waals surface area (Å²) in [6.45, 7) is 8.13. The zero-order chi connectivity index (χ0) is 27.2. The molecule has 202 valence electrons. The van der Waals surface area contributed by atoms with Gasteiger partial charge in [-0.3, -0.25) is 14.4 Å².